The second-order valence-corrected chi connectivity index (χ2v) is 8.79. The lowest BCUT2D eigenvalue weighted by Gasteiger charge is -2.24. The first-order valence-electron chi connectivity index (χ1n) is 9.44. The number of aryl methyl sites for hydroxylation is 1. The molecule has 2 aromatic rings. The maximum atomic E-state index is 13.3. The lowest BCUT2D eigenvalue weighted by atomic mass is 10.1. The maximum absolute atomic E-state index is 13.3. The number of rotatable bonds is 6. The van der Waals surface area contributed by atoms with Crippen LogP contribution in [0.3, 0.4) is 0 Å². The van der Waals surface area contributed by atoms with Crippen molar-refractivity contribution in [3.05, 3.63) is 53.6 Å². The minimum absolute atomic E-state index is 0.108. The predicted molar refractivity (Wildman–Crippen MR) is 111 cm³/mol. The zero-order valence-electron chi connectivity index (χ0n) is 17.0. The second-order valence-electron chi connectivity index (χ2n) is 6.93. The highest BCUT2D eigenvalue weighted by Gasteiger charge is 2.40. The van der Waals surface area contributed by atoms with Crippen molar-refractivity contribution in [2.75, 3.05) is 26.1 Å². The van der Waals surface area contributed by atoms with Crippen LogP contribution in [0.15, 0.2) is 47.4 Å². The molecule has 30 heavy (non-hydrogen) atoms. The summed E-state index contributed by atoms with van der Waals surface area (Å²) in [6.45, 7) is 1.93. The molecule has 9 heteroatoms. The molecule has 0 bridgehead atoms. The summed E-state index contributed by atoms with van der Waals surface area (Å²) in [5.74, 6) is -0.659. The van der Waals surface area contributed by atoms with Crippen molar-refractivity contribution in [3.63, 3.8) is 0 Å². The van der Waals surface area contributed by atoms with Crippen LogP contribution in [0.4, 0.5) is 5.69 Å². The molecule has 1 fully saturated rings. The summed E-state index contributed by atoms with van der Waals surface area (Å²) < 4.78 is 37.8. The summed E-state index contributed by atoms with van der Waals surface area (Å²) in [7, 11) is -1.20. The molecular weight excluding hydrogens is 408 g/mol. The first-order valence-corrected chi connectivity index (χ1v) is 10.9. The zero-order chi connectivity index (χ0) is 21.9. The molecule has 8 nitrogen and oxygen atoms in total. The van der Waals surface area contributed by atoms with Gasteiger partial charge in [0, 0.05) is 12.6 Å². The normalized spacial score (nSPS) is 16.8. The Morgan fingerprint density at radius 2 is 1.87 bits per heavy atom. The number of sulfonamides is 1. The molecule has 1 atom stereocenters. The quantitative estimate of drug-likeness (QED) is 0.704. The highest BCUT2D eigenvalue weighted by Crippen LogP contribution is 2.31. The average Bonchev–Trinajstić information content (AvgIpc) is 3.25. The number of benzene rings is 2. The van der Waals surface area contributed by atoms with Crippen molar-refractivity contribution in [2.45, 2.75) is 30.7 Å². The topological polar surface area (TPSA) is 102 Å². The van der Waals surface area contributed by atoms with Crippen molar-refractivity contribution in [3.8, 4) is 5.75 Å². The van der Waals surface area contributed by atoms with Gasteiger partial charge in [0.2, 0.25) is 15.9 Å². The number of ether oxygens (including phenoxy) is 2. The predicted octanol–water partition coefficient (Wildman–Crippen LogP) is 2.58. The number of para-hydroxylation sites is 1. The molecule has 1 N–H and O–H groups in total. The van der Waals surface area contributed by atoms with Gasteiger partial charge in [-0.05, 0) is 43.5 Å². The van der Waals surface area contributed by atoms with E-state index in [9.17, 15) is 18.0 Å². The van der Waals surface area contributed by atoms with Crippen molar-refractivity contribution in [1.82, 2.24) is 4.31 Å². The Hall–Kier alpha value is -2.91. The molecule has 2 aromatic carbocycles. The summed E-state index contributed by atoms with van der Waals surface area (Å²) in [4.78, 5) is 25.0. The Morgan fingerprint density at radius 3 is 2.57 bits per heavy atom. The number of esters is 1. The number of hydrogen-bond donors (Lipinski definition) is 1. The zero-order valence-corrected chi connectivity index (χ0v) is 17.9. The van der Waals surface area contributed by atoms with Crippen LogP contribution in [0.1, 0.15) is 28.8 Å². The fourth-order valence-corrected chi connectivity index (χ4v) is 5.40. The molecule has 0 aliphatic carbocycles. The lowest BCUT2D eigenvalue weighted by Crippen LogP contribution is -2.43. The smallest absolute Gasteiger partial charge is 0.339 e. The van der Waals surface area contributed by atoms with E-state index in [-0.39, 0.29) is 22.7 Å². The fraction of sp³-hybridized carbons (Fsp3) is 0.333. The number of nitrogens with one attached hydrogen (secondary N) is 1. The van der Waals surface area contributed by atoms with Crippen LogP contribution in [0.2, 0.25) is 0 Å². The Morgan fingerprint density at radius 1 is 1.13 bits per heavy atom. The summed E-state index contributed by atoms with van der Waals surface area (Å²) in [5, 5.41) is 2.69. The molecule has 1 aliphatic heterocycles. The molecule has 160 valence electrons. The third-order valence-corrected chi connectivity index (χ3v) is 7.13. The van der Waals surface area contributed by atoms with Gasteiger partial charge in [0.05, 0.1) is 30.4 Å². The fourth-order valence-electron chi connectivity index (χ4n) is 3.50. The largest absolute Gasteiger partial charge is 0.497 e. The minimum atomic E-state index is -3.92. The Balaban J connectivity index is 1.89. The van der Waals surface area contributed by atoms with Crippen LogP contribution in [0.25, 0.3) is 0 Å². The molecule has 1 saturated heterocycles. The lowest BCUT2D eigenvalue weighted by molar-refractivity contribution is -0.119. The molecule has 1 amide bonds. The van der Waals surface area contributed by atoms with Gasteiger partial charge >= 0.3 is 5.97 Å². The number of methoxy groups -OCH3 is 2. The molecule has 1 heterocycles. The van der Waals surface area contributed by atoms with Gasteiger partial charge in [-0.3, -0.25) is 4.79 Å². The van der Waals surface area contributed by atoms with E-state index in [1.807, 2.05) is 0 Å². The average molecular weight is 432 g/mol. The van der Waals surface area contributed by atoms with Crippen LogP contribution in [0, 0.1) is 6.92 Å². The van der Waals surface area contributed by atoms with Crippen LogP contribution >= 0.6 is 0 Å². The van der Waals surface area contributed by atoms with Gasteiger partial charge in [0.25, 0.3) is 0 Å². The van der Waals surface area contributed by atoms with E-state index in [4.69, 9.17) is 9.47 Å². The van der Waals surface area contributed by atoms with E-state index in [1.165, 1.54) is 30.7 Å². The molecular formula is C21H24N2O6S. The van der Waals surface area contributed by atoms with Gasteiger partial charge < -0.3 is 14.8 Å². The van der Waals surface area contributed by atoms with Gasteiger partial charge in [-0.1, -0.05) is 18.2 Å². The first kappa shape index (κ1) is 21.8. The molecule has 0 spiro atoms. The highest BCUT2D eigenvalue weighted by molar-refractivity contribution is 7.89. The number of nitrogens with zero attached hydrogens (tertiary/aromatic N) is 1. The monoisotopic (exact) mass is 432 g/mol. The van der Waals surface area contributed by atoms with Crippen molar-refractivity contribution < 1.29 is 27.5 Å². The number of anilines is 1. The number of amides is 1. The van der Waals surface area contributed by atoms with Crippen molar-refractivity contribution >= 4 is 27.6 Å². The van der Waals surface area contributed by atoms with E-state index in [0.29, 0.717) is 24.2 Å². The summed E-state index contributed by atoms with van der Waals surface area (Å²) >= 11 is 0. The Bertz CT molecular complexity index is 1070. The van der Waals surface area contributed by atoms with Crippen LogP contribution in [0.5, 0.6) is 5.75 Å². The van der Waals surface area contributed by atoms with Gasteiger partial charge in [0.1, 0.15) is 11.8 Å². The summed E-state index contributed by atoms with van der Waals surface area (Å²) in [6, 6.07) is 10.4. The summed E-state index contributed by atoms with van der Waals surface area (Å²) in [6.07, 6.45) is 0.938. The maximum Gasteiger partial charge on any atom is 0.339 e. The van der Waals surface area contributed by atoms with Crippen LogP contribution in [-0.4, -0.2) is 51.4 Å². The minimum Gasteiger partial charge on any atom is -0.497 e. The molecule has 0 unspecified atom stereocenters. The number of carbonyl (C=O) groups excluding carboxylic acids is 2. The number of hydrogen-bond acceptors (Lipinski definition) is 6. The van der Waals surface area contributed by atoms with E-state index < -0.39 is 27.9 Å². The van der Waals surface area contributed by atoms with Crippen molar-refractivity contribution in [2.24, 2.45) is 0 Å². The van der Waals surface area contributed by atoms with Crippen LogP contribution < -0.4 is 10.1 Å². The van der Waals surface area contributed by atoms with E-state index >= 15 is 0 Å². The third-order valence-electron chi connectivity index (χ3n) is 5.08. The van der Waals surface area contributed by atoms with Crippen molar-refractivity contribution in [1.29, 1.82) is 0 Å². The van der Waals surface area contributed by atoms with Gasteiger partial charge in [-0.2, -0.15) is 4.31 Å². The van der Waals surface area contributed by atoms with Gasteiger partial charge in [-0.25, -0.2) is 13.2 Å². The highest BCUT2D eigenvalue weighted by atomic mass is 32.2. The van der Waals surface area contributed by atoms with E-state index in [0.717, 1.165) is 0 Å². The summed E-state index contributed by atoms with van der Waals surface area (Å²) in [5.41, 5.74) is 1.04. The third kappa shape index (κ3) is 4.17. The molecule has 3 rings (SSSR count). The Kier molecular flexibility index (Phi) is 6.42. The number of carbonyl (C=O) groups is 2. The van der Waals surface area contributed by atoms with E-state index in [2.05, 4.69) is 5.32 Å². The second kappa shape index (κ2) is 8.85. The molecule has 0 saturated carbocycles. The standard InChI is InChI=1S/C21H24N2O6S/c1-14-10-11-15(28-2)13-19(14)30(26,27)23-12-6-9-18(23)20(24)22-17-8-5-4-7-16(17)21(25)29-3/h4-5,7-8,10-11,13,18H,6,9,12H2,1-3H3,(H,22,24)/t18-/m1/s1. The molecule has 0 radical (unpaired) electrons. The molecule has 1 aliphatic rings. The van der Waals surface area contributed by atoms with E-state index in [1.54, 1.807) is 37.3 Å². The van der Waals surface area contributed by atoms with Crippen LogP contribution in [-0.2, 0) is 19.6 Å². The Labute approximate surface area is 175 Å². The SMILES string of the molecule is COC(=O)c1ccccc1NC(=O)[C@H]1CCCN1S(=O)(=O)c1cc(OC)ccc1C. The molecule has 0 aromatic heterocycles. The first-order chi connectivity index (χ1) is 14.3. The van der Waals surface area contributed by atoms with Gasteiger partial charge in [-0.15, -0.1) is 0 Å². The van der Waals surface area contributed by atoms with Gasteiger partial charge in [0.15, 0.2) is 0 Å².